The second kappa shape index (κ2) is 7.80. The number of rotatable bonds is 5. The molecule has 0 amide bonds. The monoisotopic (exact) mass is 375 g/mol. The van der Waals surface area contributed by atoms with Crippen LogP contribution in [0.1, 0.15) is 35.2 Å². The lowest BCUT2D eigenvalue weighted by molar-refractivity contribution is 0.308. The van der Waals surface area contributed by atoms with E-state index in [1.807, 2.05) is 25.1 Å². The topological polar surface area (TPSA) is 51.4 Å². The fourth-order valence-corrected chi connectivity index (χ4v) is 4.29. The van der Waals surface area contributed by atoms with Crippen LogP contribution in [-0.4, -0.2) is 24.1 Å². The Kier molecular flexibility index (Phi) is 5.23. The molecule has 4 rings (SSSR count). The number of pyridine rings is 1. The summed E-state index contributed by atoms with van der Waals surface area (Å²) < 4.78 is 6.29. The molecule has 1 aliphatic heterocycles. The Balaban J connectivity index is 1.64. The number of nitrogens with zero attached hydrogens (tertiary/aromatic N) is 2. The van der Waals surface area contributed by atoms with Crippen LogP contribution in [0, 0.1) is 20.8 Å². The fourth-order valence-electron chi connectivity index (χ4n) is 4.29. The minimum absolute atomic E-state index is 0.445. The van der Waals surface area contributed by atoms with E-state index in [0.29, 0.717) is 19.2 Å². The highest BCUT2D eigenvalue weighted by molar-refractivity contribution is 5.84. The predicted octanol–water partition coefficient (Wildman–Crippen LogP) is 4.67. The standard InChI is InChI=1S/C24H29N3O/c1-16-9-12-22(27-13-5-7-20(27)14-25)18(3)21(16)15-28-23-8-4-6-19-11-10-17(2)26-24(19)23/h4,6,8-12,20H,5,7,13-15,25H2,1-3H3/t20-/m0/s1. The van der Waals surface area contributed by atoms with Crippen LogP contribution in [0.15, 0.2) is 42.5 Å². The van der Waals surface area contributed by atoms with Crippen LogP contribution in [0.5, 0.6) is 5.75 Å². The van der Waals surface area contributed by atoms with Crippen molar-refractivity contribution in [3.63, 3.8) is 0 Å². The van der Waals surface area contributed by atoms with Gasteiger partial charge in [-0.05, 0) is 68.5 Å². The lowest BCUT2D eigenvalue weighted by Crippen LogP contribution is -2.36. The fraction of sp³-hybridized carbons (Fsp3) is 0.375. The van der Waals surface area contributed by atoms with Gasteiger partial charge in [-0.1, -0.05) is 24.3 Å². The first-order chi connectivity index (χ1) is 13.6. The Hall–Kier alpha value is -2.59. The number of anilines is 1. The minimum atomic E-state index is 0.445. The molecular formula is C24H29N3O. The molecule has 1 atom stereocenters. The highest BCUT2D eigenvalue weighted by Gasteiger charge is 2.25. The molecule has 0 bridgehead atoms. The second-order valence-corrected chi connectivity index (χ2v) is 7.80. The number of aryl methyl sites for hydroxylation is 2. The number of hydrogen-bond acceptors (Lipinski definition) is 4. The number of aromatic nitrogens is 1. The Bertz CT molecular complexity index is 999. The number of ether oxygens (including phenoxy) is 1. The van der Waals surface area contributed by atoms with Crippen molar-refractivity contribution < 1.29 is 4.74 Å². The molecule has 28 heavy (non-hydrogen) atoms. The summed E-state index contributed by atoms with van der Waals surface area (Å²) in [6.45, 7) is 8.71. The van der Waals surface area contributed by atoms with Crippen molar-refractivity contribution in [1.29, 1.82) is 0 Å². The number of benzene rings is 2. The van der Waals surface area contributed by atoms with Crippen LogP contribution in [0.2, 0.25) is 0 Å². The van der Waals surface area contributed by atoms with E-state index in [-0.39, 0.29) is 0 Å². The van der Waals surface area contributed by atoms with Crippen LogP contribution < -0.4 is 15.4 Å². The van der Waals surface area contributed by atoms with E-state index in [1.165, 1.54) is 35.2 Å². The van der Waals surface area contributed by atoms with Crippen LogP contribution >= 0.6 is 0 Å². The number of para-hydroxylation sites is 1. The average Bonchev–Trinajstić information content (AvgIpc) is 3.16. The van der Waals surface area contributed by atoms with E-state index in [2.05, 4.69) is 48.0 Å². The summed E-state index contributed by atoms with van der Waals surface area (Å²) in [6.07, 6.45) is 2.39. The third-order valence-electron chi connectivity index (χ3n) is 5.96. The van der Waals surface area contributed by atoms with Crippen LogP contribution in [0.25, 0.3) is 10.9 Å². The minimum Gasteiger partial charge on any atom is -0.487 e. The molecule has 1 aliphatic rings. The van der Waals surface area contributed by atoms with Gasteiger partial charge in [0.15, 0.2) is 0 Å². The smallest absolute Gasteiger partial charge is 0.146 e. The molecule has 0 unspecified atom stereocenters. The van der Waals surface area contributed by atoms with Crippen molar-refractivity contribution in [2.75, 3.05) is 18.0 Å². The Labute approximate surface area is 167 Å². The Morgan fingerprint density at radius 3 is 2.79 bits per heavy atom. The zero-order valence-electron chi connectivity index (χ0n) is 17.0. The van der Waals surface area contributed by atoms with Gasteiger partial charge in [0.2, 0.25) is 0 Å². The van der Waals surface area contributed by atoms with Gasteiger partial charge in [-0.15, -0.1) is 0 Å². The molecular weight excluding hydrogens is 346 g/mol. The molecule has 1 aromatic heterocycles. The largest absolute Gasteiger partial charge is 0.487 e. The highest BCUT2D eigenvalue weighted by Crippen LogP contribution is 2.32. The molecule has 4 heteroatoms. The van der Waals surface area contributed by atoms with Crippen molar-refractivity contribution in [1.82, 2.24) is 4.98 Å². The van der Waals surface area contributed by atoms with E-state index in [4.69, 9.17) is 10.5 Å². The van der Waals surface area contributed by atoms with E-state index < -0.39 is 0 Å². The first-order valence-corrected chi connectivity index (χ1v) is 10.1. The van der Waals surface area contributed by atoms with Crippen molar-refractivity contribution >= 4 is 16.6 Å². The average molecular weight is 376 g/mol. The molecule has 3 aromatic rings. The molecule has 2 N–H and O–H groups in total. The van der Waals surface area contributed by atoms with Gasteiger partial charge in [0, 0.05) is 35.9 Å². The summed E-state index contributed by atoms with van der Waals surface area (Å²) in [6, 6.07) is 15.1. The van der Waals surface area contributed by atoms with Gasteiger partial charge in [0.1, 0.15) is 17.9 Å². The van der Waals surface area contributed by atoms with Crippen LogP contribution in [0.3, 0.4) is 0 Å². The summed E-state index contributed by atoms with van der Waals surface area (Å²) in [5, 5.41) is 1.10. The lowest BCUT2D eigenvalue weighted by Gasteiger charge is -2.29. The molecule has 2 heterocycles. The molecule has 0 aliphatic carbocycles. The van der Waals surface area contributed by atoms with Crippen molar-refractivity contribution in [2.24, 2.45) is 5.73 Å². The number of fused-ring (bicyclic) bond motifs is 1. The van der Waals surface area contributed by atoms with Gasteiger partial charge in [0.25, 0.3) is 0 Å². The predicted molar refractivity (Wildman–Crippen MR) is 116 cm³/mol. The van der Waals surface area contributed by atoms with Gasteiger partial charge in [-0.3, -0.25) is 0 Å². The summed E-state index contributed by atoms with van der Waals surface area (Å²) in [5.74, 6) is 0.839. The Morgan fingerprint density at radius 1 is 1.11 bits per heavy atom. The zero-order valence-corrected chi connectivity index (χ0v) is 17.0. The molecule has 0 spiro atoms. The highest BCUT2D eigenvalue weighted by atomic mass is 16.5. The number of hydrogen-bond donors (Lipinski definition) is 1. The van der Waals surface area contributed by atoms with Crippen molar-refractivity contribution in [3.05, 3.63) is 64.8 Å². The third kappa shape index (κ3) is 3.45. The molecule has 0 radical (unpaired) electrons. The maximum absolute atomic E-state index is 6.29. The Morgan fingerprint density at radius 2 is 1.96 bits per heavy atom. The van der Waals surface area contributed by atoms with E-state index >= 15 is 0 Å². The molecule has 0 saturated carbocycles. The van der Waals surface area contributed by atoms with Crippen molar-refractivity contribution in [2.45, 2.75) is 46.3 Å². The summed E-state index contributed by atoms with van der Waals surface area (Å²) >= 11 is 0. The normalized spacial score (nSPS) is 16.7. The van der Waals surface area contributed by atoms with Gasteiger partial charge in [0.05, 0.1) is 0 Å². The summed E-state index contributed by atoms with van der Waals surface area (Å²) in [5.41, 5.74) is 13.0. The SMILES string of the molecule is Cc1ccc2cccc(OCc3c(C)ccc(N4CCC[C@H]4CN)c3C)c2n1. The van der Waals surface area contributed by atoms with Gasteiger partial charge >= 0.3 is 0 Å². The van der Waals surface area contributed by atoms with Gasteiger partial charge < -0.3 is 15.4 Å². The van der Waals surface area contributed by atoms with E-state index in [1.54, 1.807) is 0 Å². The summed E-state index contributed by atoms with van der Waals surface area (Å²) in [4.78, 5) is 7.16. The molecule has 146 valence electrons. The number of nitrogens with two attached hydrogens (primary N) is 1. The van der Waals surface area contributed by atoms with E-state index in [0.717, 1.165) is 28.9 Å². The van der Waals surface area contributed by atoms with Crippen LogP contribution in [0.4, 0.5) is 5.69 Å². The van der Waals surface area contributed by atoms with Crippen LogP contribution in [-0.2, 0) is 6.61 Å². The first-order valence-electron chi connectivity index (χ1n) is 10.1. The molecule has 1 saturated heterocycles. The maximum atomic E-state index is 6.29. The molecule has 1 fully saturated rings. The maximum Gasteiger partial charge on any atom is 0.146 e. The molecule has 4 nitrogen and oxygen atoms in total. The van der Waals surface area contributed by atoms with Crippen molar-refractivity contribution in [3.8, 4) is 5.75 Å². The van der Waals surface area contributed by atoms with Gasteiger partial charge in [-0.25, -0.2) is 4.98 Å². The third-order valence-corrected chi connectivity index (χ3v) is 5.96. The van der Waals surface area contributed by atoms with E-state index in [9.17, 15) is 0 Å². The lowest BCUT2D eigenvalue weighted by atomic mass is 10.0. The first kappa shape index (κ1) is 18.8. The quantitative estimate of drug-likeness (QED) is 0.704. The zero-order chi connectivity index (χ0) is 19.7. The molecule has 2 aromatic carbocycles. The second-order valence-electron chi connectivity index (χ2n) is 7.80. The van der Waals surface area contributed by atoms with Gasteiger partial charge in [-0.2, -0.15) is 0 Å². The summed E-state index contributed by atoms with van der Waals surface area (Å²) in [7, 11) is 0.